The van der Waals surface area contributed by atoms with Crippen LogP contribution in [0.25, 0.3) is 10.9 Å². The molecule has 0 radical (unpaired) electrons. The summed E-state index contributed by atoms with van der Waals surface area (Å²) in [5.41, 5.74) is 2.41. The number of benzene rings is 2. The van der Waals surface area contributed by atoms with Crippen molar-refractivity contribution in [3.8, 4) is 0 Å². The van der Waals surface area contributed by atoms with Gasteiger partial charge < -0.3 is 14.8 Å². The molecule has 1 amide bonds. The lowest BCUT2D eigenvalue weighted by atomic mass is 9.88. The second-order valence-electron chi connectivity index (χ2n) is 9.35. The second kappa shape index (κ2) is 9.48. The summed E-state index contributed by atoms with van der Waals surface area (Å²) in [5, 5.41) is 1.06. The standard InChI is InChI=1S/C27H30FN3O2/c28-23-6-3-19(4-7-23)26(32)20-10-15-30(16-11-20)17-12-24-2-1-14-31(24)27(33)22-5-8-25-21(18-22)9-13-29-25/h3-9,13,18,20,24,29H,1-2,10-12,14-17H2/t24-/m0/s1. The van der Waals surface area contributed by atoms with Crippen LogP contribution in [0.2, 0.25) is 0 Å². The molecule has 1 atom stereocenters. The molecule has 172 valence electrons. The molecule has 2 aliphatic rings. The Morgan fingerprint density at radius 1 is 0.939 bits per heavy atom. The Morgan fingerprint density at radius 3 is 2.48 bits per heavy atom. The lowest BCUT2D eigenvalue weighted by Gasteiger charge is -2.33. The lowest BCUT2D eigenvalue weighted by Crippen LogP contribution is -2.41. The molecule has 2 saturated heterocycles. The van der Waals surface area contributed by atoms with Crippen LogP contribution >= 0.6 is 0 Å². The highest BCUT2D eigenvalue weighted by Gasteiger charge is 2.31. The number of aromatic nitrogens is 1. The predicted molar refractivity (Wildman–Crippen MR) is 127 cm³/mol. The SMILES string of the molecule is O=C(c1ccc(F)cc1)C1CCN(CC[C@@H]2CCCN2C(=O)c2ccc3[nH]ccc3c2)CC1. The molecule has 1 aromatic heterocycles. The highest BCUT2D eigenvalue weighted by molar-refractivity contribution is 5.98. The van der Waals surface area contributed by atoms with Crippen LogP contribution in [0.4, 0.5) is 4.39 Å². The van der Waals surface area contributed by atoms with Gasteiger partial charge in [-0.25, -0.2) is 4.39 Å². The minimum Gasteiger partial charge on any atom is -0.361 e. The molecule has 0 saturated carbocycles. The van der Waals surface area contributed by atoms with Crippen molar-refractivity contribution < 1.29 is 14.0 Å². The topological polar surface area (TPSA) is 56.4 Å². The van der Waals surface area contributed by atoms with E-state index < -0.39 is 0 Å². The number of Topliss-reactive ketones (excluding diaryl/α,β-unsaturated/α-hetero) is 1. The molecule has 5 rings (SSSR count). The number of H-pyrrole nitrogens is 1. The molecule has 0 aliphatic carbocycles. The van der Waals surface area contributed by atoms with Crippen molar-refractivity contribution in [2.75, 3.05) is 26.2 Å². The van der Waals surface area contributed by atoms with Crippen molar-refractivity contribution in [3.05, 3.63) is 71.7 Å². The molecule has 2 aromatic carbocycles. The maximum absolute atomic E-state index is 13.2. The van der Waals surface area contributed by atoms with Gasteiger partial charge >= 0.3 is 0 Å². The summed E-state index contributed by atoms with van der Waals surface area (Å²) in [6.07, 6.45) is 6.64. The number of aromatic amines is 1. The first-order chi connectivity index (χ1) is 16.1. The summed E-state index contributed by atoms with van der Waals surface area (Å²) in [4.78, 5) is 33.6. The molecule has 0 bridgehead atoms. The molecule has 3 heterocycles. The van der Waals surface area contributed by atoms with Crippen LogP contribution in [0, 0.1) is 11.7 Å². The van der Waals surface area contributed by atoms with Gasteiger partial charge in [-0.1, -0.05) is 0 Å². The molecule has 2 aliphatic heterocycles. The Kier molecular flexibility index (Phi) is 6.27. The van der Waals surface area contributed by atoms with Gasteiger partial charge in [0.1, 0.15) is 5.82 Å². The summed E-state index contributed by atoms with van der Waals surface area (Å²) >= 11 is 0. The quantitative estimate of drug-likeness (QED) is 0.547. The van der Waals surface area contributed by atoms with Crippen molar-refractivity contribution in [3.63, 3.8) is 0 Å². The molecule has 1 N–H and O–H groups in total. The molecule has 5 nitrogen and oxygen atoms in total. The maximum atomic E-state index is 13.2. The second-order valence-corrected chi connectivity index (χ2v) is 9.35. The highest BCUT2D eigenvalue weighted by Crippen LogP contribution is 2.26. The van der Waals surface area contributed by atoms with Gasteiger partial charge in [0.15, 0.2) is 5.78 Å². The molecule has 2 fully saturated rings. The fourth-order valence-electron chi connectivity index (χ4n) is 5.36. The van der Waals surface area contributed by atoms with Crippen LogP contribution < -0.4 is 0 Å². The minimum atomic E-state index is -0.314. The fourth-order valence-corrected chi connectivity index (χ4v) is 5.36. The molecular weight excluding hydrogens is 417 g/mol. The van der Waals surface area contributed by atoms with Crippen LogP contribution in [-0.4, -0.2) is 58.7 Å². The van der Waals surface area contributed by atoms with E-state index in [-0.39, 0.29) is 29.5 Å². The largest absolute Gasteiger partial charge is 0.361 e. The van der Waals surface area contributed by atoms with Crippen molar-refractivity contribution in [1.29, 1.82) is 0 Å². The van der Waals surface area contributed by atoms with Gasteiger partial charge in [-0.15, -0.1) is 0 Å². The molecular formula is C27H30FN3O2. The van der Waals surface area contributed by atoms with E-state index in [2.05, 4.69) is 14.8 Å². The predicted octanol–water partition coefficient (Wildman–Crippen LogP) is 4.90. The fraction of sp³-hybridized carbons (Fsp3) is 0.407. The van der Waals surface area contributed by atoms with E-state index in [0.717, 1.165) is 74.7 Å². The van der Waals surface area contributed by atoms with Crippen molar-refractivity contribution in [2.45, 2.75) is 38.1 Å². The molecule has 0 unspecified atom stereocenters. The number of rotatable bonds is 6. The number of hydrogen-bond donors (Lipinski definition) is 1. The van der Waals surface area contributed by atoms with E-state index in [1.807, 2.05) is 30.5 Å². The summed E-state index contributed by atoms with van der Waals surface area (Å²) in [5.74, 6) is -0.0451. The first-order valence-electron chi connectivity index (χ1n) is 12.0. The van der Waals surface area contributed by atoms with Crippen LogP contribution in [-0.2, 0) is 0 Å². The number of nitrogens with one attached hydrogen (secondary N) is 1. The van der Waals surface area contributed by atoms with Crippen molar-refractivity contribution >= 4 is 22.6 Å². The third-order valence-corrected chi connectivity index (χ3v) is 7.30. The Bertz CT molecular complexity index is 1130. The maximum Gasteiger partial charge on any atom is 0.254 e. The number of carbonyl (C=O) groups excluding carboxylic acids is 2. The van der Waals surface area contributed by atoms with Gasteiger partial charge in [-0.05, 0) is 93.7 Å². The van der Waals surface area contributed by atoms with Crippen molar-refractivity contribution in [2.24, 2.45) is 5.92 Å². The van der Waals surface area contributed by atoms with E-state index >= 15 is 0 Å². The normalized spacial score (nSPS) is 19.9. The number of nitrogens with zero attached hydrogens (tertiary/aromatic N) is 2. The smallest absolute Gasteiger partial charge is 0.254 e. The average molecular weight is 448 g/mol. The number of piperidine rings is 1. The van der Waals surface area contributed by atoms with E-state index in [0.29, 0.717) is 5.56 Å². The highest BCUT2D eigenvalue weighted by atomic mass is 19.1. The summed E-state index contributed by atoms with van der Waals surface area (Å²) < 4.78 is 13.1. The number of carbonyl (C=O) groups is 2. The van der Waals surface area contributed by atoms with Gasteiger partial charge in [-0.3, -0.25) is 9.59 Å². The Morgan fingerprint density at radius 2 is 1.70 bits per heavy atom. The molecule has 33 heavy (non-hydrogen) atoms. The van der Waals surface area contributed by atoms with Gasteiger partial charge in [-0.2, -0.15) is 0 Å². The van der Waals surface area contributed by atoms with E-state index in [4.69, 9.17) is 0 Å². The number of halogens is 1. The average Bonchev–Trinajstić information content (AvgIpc) is 3.51. The third kappa shape index (κ3) is 4.71. The molecule has 6 heteroatoms. The van der Waals surface area contributed by atoms with Crippen LogP contribution in [0.3, 0.4) is 0 Å². The van der Waals surface area contributed by atoms with Crippen molar-refractivity contribution in [1.82, 2.24) is 14.8 Å². The van der Waals surface area contributed by atoms with E-state index in [9.17, 15) is 14.0 Å². The molecule has 3 aromatic rings. The number of fused-ring (bicyclic) bond motifs is 1. The zero-order chi connectivity index (χ0) is 22.8. The van der Waals surface area contributed by atoms with Crippen LogP contribution in [0.5, 0.6) is 0 Å². The number of likely N-dealkylation sites (tertiary alicyclic amines) is 2. The Balaban J connectivity index is 1.13. The number of ketones is 1. The van der Waals surface area contributed by atoms with Gasteiger partial charge in [0.2, 0.25) is 0 Å². The summed E-state index contributed by atoms with van der Waals surface area (Å²) in [6, 6.07) is 14.0. The first-order valence-corrected chi connectivity index (χ1v) is 12.0. The van der Waals surface area contributed by atoms with Gasteiger partial charge in [0.25, 0.3) is 5.91 Å². The molecule has 0 spiro atoms. The van der Waals surface area contributed by atoms with E-state index in [1.165, 1.54) is 12.1 Å². The van der Waals surface area contributed by atoms with Crippen LogP contribution in [0.1, 0.15) is 52.8 Å². The zero-order valence-corrected chi connectivity index (χ0v) is 18.8. The lowest BCUT2D eigenvalue weighted by molar-refractivity contribution is 0.0704. The van der Waals surface area contributed by atoms with Gasteiger partial charge in [0.05, 0.1) is 0 Å². The monoisotopic (exact) mass is 447 g/mol. The zero-order valence-electron chi connectivity index (χ0n) is 18.8. The van der Waals surface area contributed by atoms with Gasteiger partial charge in [0, 0.05) is 53.3 Å². The Hall–Kier alpha value is -2.99. The minimum absolute atomic E-state index is 0.0135. The number of hydrogen-bond acceptors (Lipinski definition) is 3. The Labute approximate surface area is 193 Å². The van der Waals surface area contributed by atoms with E-state index in [1.54, 1.807) is 12.1 Å². The summed E-state index contributed by atoms with van der Waals surface area (Å²) in [7, 11) is 0. The first kappa shape index (κ1) is 21.8. The third-order valence-electron chi connectivity index (χ3n) is 7.30. The van der Waals surface area contributed by atoms with Crippen LogP contribution in [0.15, 0.2) is 54.7 Å². The summed E-state index contributed by atoms with van der Waals surface area (Å²) in [6.45, 7) is 3.55. The number of amides is 1.